The van der Waals surface area contributed by atoms with Gasteiger partial charge in [-0.25, -0.2) is 9.37 Å². The summed E-state index contributed by atoms with van der Waals surface area (Å²) in [5.74, 6) is 0.380. The number of aromatic nitrogens is 2. The molecule has 1 N–H and O–H groups in total. The molecule has 0 amide bonds. The van der Waals surface area contributed by atoms with Crippen LogP contribution in [0.15, 0.2) is 59.4 Å². The van der Waals surface area contributed by atoms with E-state index < -0.39 is 0 Å². The van der Waals surface area contributed by atoms with Crippen molar-refractivity contribution in [1.82, 2.24) is 14.9 Å². The number of hydrogen-bond acceptors (Lipinski definition) is 5. The van der Waals surface area contributed by atoms with Crippen LogP contribution < -0.4 is 10.5 Å². The maximum absolute atomic E-state index is 13.2. The number of para-hydroxylation sites is 1. The number of nitrogens with zero attached hydrogens (tertiary/aromatic N) is 3. The van der Waals surface area contributed by atoms with Crippen LogP contribution in [0, 0.1) is 5.82 Å². The molecule has 0 aliphatic carbocycles. The molecule has 0 bridgehead atoms. The second-order valence-corrected chi connectivity index (χ2v) is 9.02. The molecular formula is C23H20ClFN4OS. The number of hydrogen-bond donors (Lipinski definition) is 1. The van der Waals surface area contributed by atoms with E-state index >= 15 is 0 Å². The van der Waals surface area contributed by atoms with Gasteiger partial charge in [-0.05, 0) is 35.9 Å². The Hall–Kier alpha value is -2.74. The number of nitrogens with one attached hydrogen (secondary N) is 1. The monoisotopic (exact) mass is 454 g/mol. The molecule has 0 unspecified atom stereocenters. The molecule has 158 valence electrons. The molecular weight excluding hydrogens is 435 g/mol. The number of aromatic amines is 1. The third-order valence-electron chi connectivity index (χ3n) is 5.50. The highest BCUT2D eigenvalue weighted by Crippen LogP contribution is 2.31. The standard InChI is InChI=1S/C23H20ClFN4OS/c24-17-3-1-2-4-19(17)29-11-9-28(10-12-29)14-21-26-18-13-20(31-22(18)23(30)27-21)15-5-7-16(25)8-6-15/h1-8,13H,9-12,14H2,(H,26,27,30). The van der Waals surface area contributed by atoms with Crippen molar-refractivity contribution in [3.63, 3.8) is 0 Å². The van der Waals surface area contributed by atoms with Gasteiger partial charge in [-0.15, -0.1) is 11.3 Å². The number of fused-ring (bicyclic) bond motifs is 1. The zero-order valence-electron chi connectivity index (χ0n) is 16.6. The Morgan fingerprint density at radius 1 is 1.06 bits per heavy atom. The molecule has 0 radical (unpaired) electrons. The molecule has 5 rings (SSSR count). The summed E-state index contributed by atoms with van der Waals surface area (Å²) in [5.41, 5.74) is 2.48. The summed E-state index contributed by atoms with van der Waals surface area (Å²) in [6, 6.07) is 16.1. The van der Waals surface area contributed by atoms with Crippen molar-refractivity contribution in [2.24, 2.45) is 0 Å². The zero-order valence-corrected chi connectivity index (χ0v) is 18.2. The van der Waals surface area contributed by atoms with E-state index in [4.69, 9.17) is 11.6 Å². The van der Waals surface area contributed by atoms with Gasteiger partial charge in [-0.2, -0.15) is 0 Å². The van der Waals surface area contributed by atoms with Gasteiger partial charge in [0.2, 0.25) is 0 Å². The van der Waals surface area contributed by atoms with Gasteiger partial charge in [0.15, 0.2) is 0 Å². The van der Waals surface area contributed by atoms with Crippen LogP contribution in [0.5, 0.6) is 0 Å². The quantitative estimate of drug-likeness (QED) is 0.482. The molecule has 4 aromatic rings. The van der Waals surface area contributed by atoms with Crippen LogP contribution in [0.2, 0.25) is 5.02 Å². The molecule has 0 atom stereocenters. The molecule has 2 aromatic carbocycles. The van der Waals surface area contributed by atoms with Crippen LogP contribution in [0.3, 0.4) is 0 Å². The Balaban J connectivity index is 1.31. The minimum Gasteiger partial charge on any atom is -0.368 e. The maximum atomic E-state index is 13.2. The molecule has 1 fully saturated rings. The van der Waals surface area contributed by atoms with Crippen LogP contribution in [0.4, 0.5) is 10.1 Å². The molecule has 0 spiro atoms. The molecule has 0 saturated carbocycles. The van der Waals surface area contributed by atoms with Gasteiger partial charge in [0.25, 0.3) is 5.56 Å². The number of benzene rings is 2. The first-order valence-electron chi connectivity index (χ1n) is 10.1. The lowest BCUT2D eigenvalue weighted by Crippen LogP contribution is -2.46. The van der Waals surface area contributed by atoms with Crippen LogP contribution in [0.1, 0.15) is 5.82 Å². The van der Waals surface area contributed by atoms with E-state index in [1.807, 2.05) is 30.3 Å². The van der Waals surface area contributed by atoms with Crippen molar-refractivity contribution in [2.75, 3.05) is 31.1 Å². The van der Waals surface area contributed by atoms with Gasteiger partial charge >= 0.3 is 0 Å². The highest BCUT2D eigenvalue weighted by Gasteiger charge is 2.20. The summed E-state index contributed by atoms with van der Waals surface area (Å²) in [6.07, 6.45) is 0. The number of rotatable bonds is 4. The van der Waals surface area contributed by atoms with Gasteiger partial charge in [0.05, 0.1) is 22.8 Å². The largest absolute Gasteiger partial charge is 0.368 e. The summed E-state index contributed by atoms with van der Waals surface area (Å²) in [6.45, 7) is 4.03. The van der Waals surface area contributed by atoms with E-state index in [0.29, 0.717) is 22.6 Å². The van der Waals surface area contributed by atoms with Crippen molar-refractivity contribution in [3.05, 3.63) is 81.6 Å². The predicted molar refractivity (Wildman–Crippen MR) is 125 cm³/mol. The van der Waals surface area contributed by atoms with E-state index in [1.165, 1.54) is 23.5 Å². The van der Waals surface area contributed by atoms with E-state index in [9.17, 15) is 9.18 Å². The molecule has 8 heteroatoms. The lowest BCUT2D eigenvalue weighted by molar-refractivity contribution is 0.244. The highest BCUT2D eigenvalue weighted by atomic mass is 35.5. The number of anilines is 1. The van der Waals surface area contributed by atoms with Crippen LogP contribution in [0.25, 0.3) is 20.7 Å². The molecule has 5 nitrogen and oxygen atoms in total. The Kier molecular flexibility index (Phi) is 5.48. The third-order valence-corrected chi connectivity index (χ3v) is 6.99. The van der Waals surface area contributed by atoms with Crippen molar-refractivity contribution < 1.29 is 4.39 Å². The summed E-state index contributed by atoms with van der Waals surface area (Å²) < 4.78 is 13.8. The Bertz CT molecular complexity index is 1280. The first-order valence-corrected chi connectivity index (χ1v) is 11.3. The fraction of sp³-hybridized carbons (Fsp3) is 0.217. The molecule has 1 aliphatic heterocycles. The Morgan fingerprint density at radius 3 is 2.55 bits per heavy atom. The lowest BCUT2D eigenvalue weighted by atomic mass is 10.2. The average molecular weight is 455 g/mol. The van der Waals surface area contributed by atoms with E-state index in [0.717, 1.165) is 47.3 Å². The third kappa shape index (κ3) is 4.21. The summed E-state index contributed by atoms with van der Waals surface area (Å²) in [5, 5.41) is 0.766. The fourth-order valence-corrected chi connectivity index (χ4v) is 5.14. The topological polar surface area (TPSA) is 52.2 Å². The molecule has 31 heavy (non-hydrogen) atoms. The molecule has 3 heterocycles. The van der Waals surface area contributed by atoms with Gasteiger partial charge in [0, 0.05) is 31.1 Å². The van der Waals surface area contributed by atoms with Gasteiger partial charge in [0.1, 0.15) is 16.3 Å². The number of H-pyrrole nitrogens is 1. The first-order chi connectivity index (χ1) is 15.1. The summed E-state index contributed by atoms with van der Waals surface area (Å²) in [7, 11) is 0. The van der Waals surface area contributed by atoms with Gasteiger partial charge in [-0.1, -0.05) is 35.9 Å². The SMILES string of the molecule is O=c1[nH]c(CN2CCN(c3ccccc3Cl)CC2)nc2cc(-c3ccc(F)cc3)sc12. The number of piperazine rings is 1. The van der Waals surface area contributed by atoms with E-state index in [-0.39, 0.29) is 11.4 Å². The van der Waals surface area contributed by atoms with E-state index in [2.05, 4.69) is 19.8 Å². The predicted octanol–water partition coefficient (Wildman–Crippen LogP) is 4.77. The highest BCUT2D eigenvalue weighted by molar-refractivity contribution is 7.22. The second-order valence-electron chi connectivity index (χ2n) is 7.56. The summed E-state index contributed by atoms with van der Waals surface area (Å²) >= 11 is 7.70. The van der Waals surface area contributed by atoms with Crippen molar-refractivity contribution >= 4 is 38.8 Å². The Morgan fingerprint density at radius 2 is 1.81 bits per heavy atom. The smallest absolute Gasteiger partial charge is 0.268 e. The Labute approximate surface area is 187 Å². The van der Waals surface area contributed by atoms with Crippen molar-refractivity contribution in [3.8, 4) is 10.4 Å². The minimum atomic E-state index is -0.280. The molecule has 1 saturated heterocycles. The van der Waals surface area contributed by atoms with Crippen molar-refractivity contribution in [2.45, 2.75) is 6.54 Å². The van der Waals surface area contributed by atoms with Crippen LogP contribution >= 0.6 is 22.9 Å². The number of thiophene rings is 1. The molecule has 1 aliphatic rings. The lowest BCUT2D eigenvalue weighted by Gasteiger charge is -2.36. The minimum absolute atomic E-state index is 0.131. The number of halogens is 2. The van der Waals surface area contributed by atoms with Gasteiger partial charge < -0.3 is 9.88 Å². The average Bonchev–Trinajstić information content (AvgIpc) is 3.20. The molecule has 2 aromatic heterocycles. The van der Waals surface area contributed by atoms with Gasteiger partial charge in [-0.3, -0.25) is 9.69 Å². The summed E-state index contributed by atoms with van der Waals surface area (Å²) in [4.78, 5) is 25.7. The second kappa shape index (κ2) is 8.42. The normalized spacial score (nSPS) is 15.0. The van der Waals surface area contributed by atoms with Crippen LogP contribution in [-0.2, 0) is 6.54 Å². The van der Waals surface area contributed by atoms with Crippen LogP contribution in [-0.4, -0.2) is 41.0 Å². The first kappa shape index (κ1) is 20.2. The zero-order chi connectivity index (χ0) is 21.4. The maximum Gasteiger partial charge on any atom is 0.268 e. The van der Waals surface area contributed by atoms with E-state index in [1.54, 1.807) is 12.1 Å². The van der Waals surface area contributed by atoms with Crippen molar-refractivity contribution in [1.29, 1.82) is 0 Å². The fourth-order valence-electron chi connectivity index (χ4n) is 3.89.